The lowest BCUT2D eigenvalue weighted by Gasteiger charge is -2.16. The molecule has 0 radical (unpaired) electrons. The summed E-state index contributed by atoms with van der Waals surface area (Å²) in [6, 6.07) is -0.114. The first-order valence-electron chi connectivity index (χ1n) is 8.13. The second kappa shape index (κ2) is 6.40. The van der Waals surface area contributed by atoms with Gasteiger partial charge in [-0.2, -0.15) is 0 Å². The Morgan fingerprint density at radius 2 is 2.29 bits per heavy atom. The van der Waals surface area contributed by atoms with Crippen LogP contribution in [0.25, 0.3) is 0 Å². The highest BCUT2D eigenvalue weighted by molar-refractivity contribution is 6.02. The fourth-order valence-corrected chi connectivity index (χ4v) is 3.24. The van der Waals surface area contributed by atoms with Gasteiger partial charge in [0.1, 0.15) is 11.5 Å². The number of likely N-dealkylation sites (tertiary alicyclic amines) is 1. The number of carbonyl (C=O) groups excluding carboxylic acids is 1. The first kappa shape index (κ1) is 16.1. The molecule has 3 heterocycles. The van der Waals surface area contributed by atoms with E-state index < -0.39 is 0 Å². The summed E-state index contributed by atoms with van der Waals surface area (Å²) < 4.78 is 1.64. The molecule has 1 aromatic heterocycles. The van der Waals surface area contributed by atoms with E-state index in [2.05, 4.69) is 22.1 Å². The molecule has 3 rings (SSSR count). The molecule has 7 nitrogen and oxygen atoms in total. The van der Waals surface area contributed by atoms with Crippen LogP contribution in [0.15, 0.2) is 16.6 Å². The molecule has 1 fully saturated rings. The van der Waals surface area contributed by atoms with Gasteiger partial charge in [0.2, 0.25) is 0 Å². The normalized spacial score (nSPS) is 19.8. The third-order valence-electron chi connectivity index (χ3n) is 4.55. The highest BCUT2D eigenvalue weighted by Gasteiger charge is 2.31. The van der Waals surface area contributed by atoms with E-state index in [9.17, 15) is 9.59 Å². The Labute approximate surface area is 140 Å². The maximum absolute atomic E-state index is 12.4. The molecule has 0 unspecified atom stereocenters. The van der Waals surface area contributed by atoms with Gasteiger partial charge in [-0.15, -0.1) is 0 Å². The molecular formula is C17H21N5O2. The zero-order valence-corrected chi connectivity index (χ0v) is 13.9. The van der Waals surface area contributed by atoms with Gasteiger partial charge in [0.05, 0.1) is 11.8 Å². The van der Waals surface area contributed by atoms with Gasteiger partial charge >= 0.3 is 5.69 Å². The third kappa shape index (κ3) is 2.75. The quantitative estimate of drug-likeness (QED) is 0.718. The molecule has 2 aliphatic rings. The molecule has 0 aromatic carbocycles. The lowest BCUT2D eigenvalue weighted by Crippen LogP contribution is -2.30. The molecule has 0 aliphatic carbocycles. The molecule has 126 valence electrons. The number of imidazole rings is 1. The van der Waals surface area contributed by atoms with E-state index in [-0.39, 0.29) is 17.6 Å². The molecule has 0 bridgehead atoms. The minimum Gasteiger partial charge on any atom is -0.346 e. The number of anilines is 1. The SMILES string of the molecule is CC#CC(=O)N1CC[C@@H](n2c3c([nH]c2=O)C(=N)CC(CC)=CN3)C1. The number of amides is 1. The van der Waals surface area contributed by atoms with Crippen LogP contribution in [-0.2, 0) is 4.79 Å². The average Bonchev–Trinajstić information content (AvgIpc) is 3.12. The topological polar surface area (TPSA) is 94.0 Å². The third-order valence-corrected chi connectivity index (χ3v) is 4.55. The maximum Gasteiger partial charge on any atom is 0.327 e. The van der Waals surface area contributed by atoms with Crippen molar-refractivity contribution in [2.75, 3.05) is 18.4 Å². The molecule has 3 N–H and O–H groups in total. The molecule has 1 saturated heterocycles. The highest BCUT2D eigenvalue weighted by atomic mass is 16.2. The van der Waals surface area contributed by atoms with Crippen molar-refractivity contribution in [3.63, 3.8) is 0 Å². The second-order valence-corrected chi connectivity index (χ2v) is 6.05. The molecule has 0 spiro atoms. The lowest BCUT2D eigenvalue weighted by atomic mass is 10.1. The number of aromatic amines is 1. The number of nitrogens with one attached hydrogen (secondary N) is 3. The summed E-state index contributed by atoms with van der Waals surface area (Å²) in [5, 5.41) is 11.4. The Balaban J connectivity index is 1.92. The van der Waals surface area contributed by atoms with Crippen molar-refractivity contribution in [3.8, 4) is 11.8 Å². The number of aromatic nitrogens is 2. The molecule has 1 amide bonds. The number of hydrogen-bond donors (Lipinski definition) is 3. The predicted molar refractivity (Wildman–Crippen MR) is 92.2 cm³/mol. The van der Waals surface area contributed by atoms with Crippen molar-refractivity contribution < 1.29 is 4.79 Å². The number of fused-ring (bicyclic) bond motifs is 1. The molecule has 1 aromatic rings. The number of hydrogen-bond acceptors (Lipinski definition) is 4. The molecule has 1 atom stereocenters. The lowest BCUT2D eigenvalue weighted by molar-refractivity contribution is -0.124. The van der Waals surface area contributed by atoms with Gasteiger partial charge in [-0.05, 0) is 31.3 Å². The summed E-state index contributed by atoms with van der Waals surface area (Å²) in [5.41, 5.74) is 1.82. The van der Waals surface area contributed by atoms with Crippen LogP contribution in [0.2, 0.25) is 0 Å². The first-order chi connectivity index (χ1) is 11.5. The van der Waals surface area contributed by atoms with Crippen LogP contribution in [0.5, 0.6) is 0 Å². The maximum atomic E-state index is 12.4. The standard InChI is InChI=1S/C17H21N5O2/c1-3-5-14(23)21-7-6-12(10-21)22-16-15(20-17(22)24)13(18)8-11(4-2)9-19-16/h9,12,18-19H,4,6-8,10H2,1-2H3,(H,20,24)/t12-/m1/s1. The van der Waals surface area contributed by atoms with E-state index in [0.29, 0.717) is 43.2 Å². The van der Waals surface area contributed by atoms with Gasteiger partial charge in [-0.3, -0.25) is 9.36 Å². The summed E-state index contributed by atoms with van der Waals surface area (Å²) in [7, 11) is 0. The van der Waals surface area contributed by atoms with Gasteiger partial charge in [-0.1, -0.05) is 12.8 Å². The largest absolute Gasteiger partial charge is 0.346 e. The van der Waals surface area contributed by atoms with E-state index in [1.165, 1.54) is 0 Å². The van der Waals surface area contributed by atoms with Crippen LogP contribution in [0.1, 0.15) is 44.8 Å². The monoisotopic (exact) mass is 327 g/mol. The van der Waals surface area contributed by atoms with Crippen molar-refractivity contribution in [2.24, 2.45) is 0 Å². The van der Waals surface area contributed by atoms with Gasteiger partial charge < -0.3 is 20.6 Å². The minimum atomic E-state index is -0.244. The minimum absolute atomic E-state index is 0.114. The molecular weight excluding hydrogens is 306 g/mol. The van der Waals surface area contributed by atoms with Crippen LogP contribution >= 0.6 is 0 Å². The second-order valence-electron chi connectivity index (χ2n) is 6.05. The summed E-state index contributed by atoms with van der Waals surface area (Å²) in [5.74, 6) is 5.57. The Kier molecular flexibility index (Phi) is 4.30. The molecule has 24 heavy (non-hydrogen) atoms. The van der Waals surface area contributed by atoms with Crippen LogP contribution in [-0.4, -0.2) is 39.2 Å². The van der Waals surface area contributed by atoms with Crippen LogP contribution < -0.4 is 11.0 Å². The van der Waals surface area contributed by atoms with Crippen molar-refractivity contribution in [2.45, 2.75) is 39.2 Å². The summed E-state index contributed by atoms with van der Waals surface area (Å²) >= 11 is 0. The van der Waals surface area contributed by atoms with Gasteiger partial charge in [-0.25, -0.2) is 4.79 Å². The highest BCUT2D eigenvalue weighted by Crippen LogP contribution is 2.28. The molecule has 0 saturated carbocycles. The van der Waals surface area contributed by atoms with Gasteiger partial charge in [0, 0.05) is 25.7 Å². The Morgan fingerprint density at radius 1 is 1.50 bits per heavy atom. The number of H-pyrrole nitrogens is 1. The van der Waals surface area contributed by atoms with E-state index in [0.717, 1.165) is 12.0 Å². The van der Waals surface area contributed by atoms with Crippen molar-refractivity contribution in [3.05, 3.63) is 28.0 Å². The number of rotatable bonds is 2. The molecule has 7 heteroatoms. The predicted octanol–water partition coefficient (Wildman–Crippen LogP) is 1.45. The number of carbonyl (C=O) groups is 1. The molecule has 2 aliphatic heterocycles. The van der Waals surface area contributed by atoms with Gasteiger partial charge in [0.15, 0.2) is 0 Å². The average molecular weight is 327 g/mol. The van der Waals surface area contributed by atoms with Crippen molar-refractivity contribution in [1.82, 2.24) is 14.5 Å². The number of nitrogens with zero attached hydrogens (tertiary/aromatic N) is 2. The van der Waals surface area contributed by atoms with Crippen LogP contribution in [0.3, 0.4) is 0 Å². The van der Waals surface area contributed by atoms with Crippen molar-refractivity contribution in [1.29, 1.82) is 5.41 Å². The smallest absolute Gasteiger partial charge is 0.327 e. The Bertz CT molecular complexity index is 833. The number of allylic oxidation sites excluding steroid dienone is 1. The Hall–Kier alpha value is -2.75. The van der Waals surface area contributed by atoms with Gasteiger partial charge in [0.25, 0.3) is 5.91 Å². The van der Waals surface area contributed by atoms with E-state index in [1.54, 1.807) is 16.4 Å². The van der Waals surface area contributed by atoms with Crippen LogP contribution in [0, 0.1) is 17.3 Å². The fourth-order valence-electron chi connectivity index (χ4n) is 3.24. The fraction of sp³-hybridized carbons (Fsp3) is 0.471. The summed E-state index contributed by atoms with van der Waals surface area (Å²) in [4.78, 5) is 28.8. The summed E-state index contributed by atoms with van der Waals surface area (Å²) in [6.45, 7) is 4.72. The van der Waals surface area contributed by atoms with Crippen molar-refractivity contribution >= 4 is 17.4 Å². The van der Waals surface area contributed by atoms with E-state index in [4.69, 9.17) is 5.41 Å². The van der Waals surface area contributed by atoms with E-state index >= 15 is 0 Å². The zero-order valence-electron chi connectivity index (χ0n) is 13.9. The van der Waals surface area contributed by atoms with E-state index in [1.807, 2.05) is 13.1 Å². The summed E-state index contributed by atoms with van der Waals surface area (Å²) in [6.07, 6.45) is 3.95. The first-order valence-corrected chi connectivity index (χ1v) is 8.13. The Morgan fingerprint density at radius 3 is 3.00 bits per heavy atom. The zero-order chi connectivity index (χ0) is 17.3. The van der Waals surface area contributed by atoms with Crippen LogP contribution in [0.4, 0.5) is 5.82 Å².